The molecule has 0 bridgehead atoms. The molecule has 0 fully saturated rings. The van der Waals surface area contributed by atoms with Gasteiger partial charge in [-0.2, -0.15) is 0 Å². The molecular weight excluding hydrogens is 452 g/mol. The van der Waals surface area contributed by atoms with Gasteiger partial charge in [-0.1, -0.05) is 6.07 Å². The average Bonchev–Trinajstić information content (AvgIpc) is 2.88. The van der Waals surface area contributed by atoms with E-state index in [0.29, 0.717) is 17.0 Å². The van der Waals surface area contributed by atoms with Gasteiger partial charge in [0.05, 0.1) is 30.4 Å². The lowest BCUT2D eigenvalue weighted by atomic mass is 9.84. The largest absolute Gasteiger partial charge is 0.545 e. The minimum absolute atomic E-state index is 0.0188. The Kier molecular flexibility index (Phi) is 7.40. The Balaban J connectivity index is 2.01. The summed E-state index contributed by atoms with van der Waals surface area (Å²) in [5.41, 5.74) is 11.1. The van der Waals surface area contributed by atoms with E-state index in [9.17, 15) is 9.90 Å². The fourth-order valence-corrected chi connectivity index (χ4v) is 5.27. The topological polar surface area (TPSA) is 95.1 Å². The van der Waals surface area contributed by atoms with E-state index in [0.717, 1.165) is 54.3 Å². The Bertz CT molecular complexity index is 1250. The highest BCUT2D eigenvalue weighted by Gasteiger charge is 2.31. The van der Waals surface area contributed by atoms with Gasteiger partial charge in [-0.3, -0.25) is 0 Å². The van der Waals surface area contributed by atoms with Crippen molar-refractivity contribution in [2.24, 2.45) is 0 Å². The molecule has 2 aromatic rings. The molecular formula is C29H36N4O3. The number of benzene rings is 2. The number of allylic oxidation sites excluding steroid dienone is 1. The second-order valence-electron chi connectivity index (χ2n) is 9.01. The van der Waals surface area contributed by atoms with Crippen molar-refractivity contribution in [3.63, 3.8) is 0 Å². The van der Waals surface area contributed by atoms with Gasteiger partial charge in [0.15, 0.2) is 0 Å². The summed E-state index contributed by atoms with van der Waals surface area (Å²) >= 11 is 0. The monoisotopic (exact) mass is 488 g/mol. The summed E-state index contributed by atoms with van der Waals surface area (Å²) in [6.45, 7) is 12.3. The molecule has 7 heteroatoms. The fourth-order valence-electron chi connectivity index (χ4n) is 5.27. The summed E-state index contributed by atoms with van der Waals surface area (Å²) < 4.78 is 6.45. The number of ether oxygens (including phenoxy) is 1. The van der Waals surface area contributed by atoms with E-state index in [1.807, 2.05) is 18.2 Å². The van der Waals surface area contributed by atoms with Crippen LogP contribution in [0.15, 0.2) is 59.9 Å². The number of rotatable bonds is 9. The highest BCUT2D eigenvalue weighted by atomic mass is 16.5. The molecule has 0 saturated carbocycles. The first kappa shape index (κ1) is 25.4. The van der Waals surface area contributed by atoms with Crippen molar-refractivity contribution in [1.29, 1.82) is 0 Å². The molecule has 2 aliphatic rings. The predicted molar refractivity (Wildman–Crippen MR) is 144 cm³/mol. The van der Waals surface area contributed by atoms with Crippen LogP contribution < -0.4 is 30.7 Å². The van der Waals surface area contributed by atoms with Gasteiger partial charge in [0.25, 0.3) is 0 Å². The van der Waals surface area contributed by atoms with E-state index in [2.05, 4.69) is 68.3 Å². The van der Waals surface area contributed by atoms with Gasteiger partial charge in [0, 0.05) is 54.2 Å². The first-order chi connectivity index (χ1) is 17.4. The van der Waals surface area contributed by atoms with Crippen LogP contribution in [0.25, 0.3) is 5.57 Å². The normalized spacial score (nSPS) is 16.3. The maximum absolute atomic E-state index is 12.4. The van der Waals surface area contributed by atoms with Crippen molar-refractivity contribution in [2.75, 3.05) is 49.2 Å². The molecule has 1 unspecified atom stereocenters. The molecule has 1 aliphatic heterocycles. The number of nitrogens with one attached hydrogen (secondary N) is 2. The molecule has 1 aliphatic carbocycles. The average molecular weight is 489 g/mol. The van der Waals surface area contributed by atoms with Crippen molar-refractivity contribution in [3.05, 3.63) is 76.6 Å². The van der Waals surface area contributed by atoms with E-state index >= 15 is 0 Å². The number of carbonyl (C=O) groups is 1. The Labute approximate surface area is 213 Å². The minimum atomic E-state index is -1.31. The van der Waals surface area contributed by atoms with Gasteiger partial charge in [-0.05, 0) is 69.7 Å². The quantitative estimate of drug-likeness (QED) is 0.470. The number of carbonyl (C=O) groups excluding carboxylic acids is 1. The van der Waals surface area contributed by atoms with Crippen molar-refractivity contribution in [3.8, 4) is 5.75 Å². The zero-order valence-electron chi connectivity index (χ0n) is 21.8. The Morgan fingerprint density at radius 1 is 1.11 bits per heavy atom. The highest BCUT2D eigenvalue weighted by Crippen LogP contribution is 2.46. The van der Waals surface area contributed by atoms with Gasteiger partial charge < -0.3 is 35.5 Å². The number of anilines is 3. The first-order valence-corrected chi connectivity index (χ1v) is 12.8. The number of nitrogens with two attached hydrogens (primary N) is 1. The molecule has 4 N–H and O–H groups in total. The number of likely N-dealkylation sites (N-methyl/N-ethyl adjacent to an activating group) is 1. The van der Waals surface area contributed by atoms with Gasteiger partial charge in [0.2, 0.25) is 0 Å². The van der Waals surface area contributed by atoms with E-state index in [1.54, 1.807) is 7.05 Å². The lowest BCUT2D eigenvalue weighted by molar-refractivity contribution is -0.908. The molecule has 1 heterocycles. The fraction of sp³-hybridized carbons (Fsp3) is 0.345. The van der Waals surface area contributed by atoms with Crippen LogP contribution in [-0.4, -0.2) is 45.2 Å². The number of quaternary nitrogens is 1. The molecule has 0 radical (unpaired) electrons. The van der Waals surface area contributed by atoms with E-state index < -0.39 is 5.97 Å². The van der Waals surface area contributed by atoms with Crippen molar-refractivity contribution < 1.29 is 19.5 Å². The van der Waals surface area contributed by atoms with Crippen LogP contribution in [0.2, 0.25) is 0 Å². The summed E-state index contributed by atoms with van der Waals surface area (Å²) in [5.74, 6) is 0.122. The second-order valence-corrected chi connectivity index (χ2v) is 9.01. The molecule has 0 amide bonds. The summed E-state index contributed by atoms with van der Waals surface area (Å²) in [6.07, 6.45) is 6.38. The van der Waals surface area contributed by atoms with Crippen LogP contribution >= 0.6 is 0 Å². The maximum atomic E-state index is 12.4. The lowest BCUT2D eigenvalue weighted by Crippen LogP contribution is -3.14. The van der Waals surface area contributed by atoms with Gasteiger partial charge in [-0.25, -0.2) is 0 Å². The van der Waals surface area contributed by atoms with Gasteiger partial charge in [-0.15, -0.1) is 0 Å². The molecule has 7 nitrogen and oxygen atoms in total. The molecule has 0 aromatic heterocycles. The first-order valence-electron chi connectivity index (χ1n) is 12.8. The van der Waals surface area contributed by atoms with Crippen LogP contribution in [-0.2, 0) is 0 Å². The Morgan fingerprint density at radius 3 is 2.44 bits per heavy atom. The number of carboxylic acids is 1. The summed E-state index contributed by atoms with van der Waals surface area (Å²) in [7, 11) is 1.72. The Morgan fingerprint density at radius 2 is 1.83 bits per heavy atom. The molecule has 36 heavy (non-hydrogen) atoms. The van der Waals surface area contributed by atoms with E-state index in [-0.39, 0.29) is 17.3 Å². The third kappa shape index (κ3) is 4.35. The third-order valence-electron chi connectivity index (χ3n) is 7.28. The number of nitrogen functional groups attached to an aromatic ring is 1. The third-order valence-corrected chi connectivity index (χ3v) is 7.28. The zero-order chi connectivity index (χ0) is 26.0. The summed E-state index contributed by atoms with van der Waals surface area (Å²) in [5, 5.41) is 15.4. The van der Waals surface area contributed by atoms with Crippen molar-refractivity contribution >= 4 is 28.6 Å². The van der Waals surface area contributed by atoms with E-state index in [1.165, 1.54) is 4.90 Å². The number of hydrogen-bond acceptors (Lipinski definition) is 6. The standard InChI is InChI=1S/C29H36N4O3/c1-6-32(7-2)18-11-15-24-22(16-18)26(21-13-14-23(31-5)28(30)27(21)29(34)35)20-12-10-19(17-25(20)36-24)33(8-3)9-4/h10-17,19,31H,6-9,30H2,1-5H3,(H,34,35). The van der Waals surface area contributed by atoms with Crippen molar-refractivity contribution in [1.82, 2.24) is 0 Å². The van der Waals surface area contributed by atoms with Crippen LogP contribution in [0.3, 0.4) is 0 Å². The molecule has 190 valence electrons. The predicted octanol–water partition coefficient (Wildman–Crippen LogP) is 2.46. The summed E-state index contributed by atoms with van der Waals surface area (Å²) in [6, 6.07) is 9.91. The lowest BCUT2D eigenvalue weighted by Gasteiger charge is -2.32. The van der Waals surface area contributed by atoms with Crippen LogP contribution in [0, 0.1) is 0 Å². The summed E-state index contributed by atoms with van der Waals surface area (Å²) in [4.78, 5) is 16.1. The smallest absolute Gasteiger partial charge is 0.137 e. The number of nitrogens with zero attached hydrogens (tertiary/aromatic N) is 1. The van der Waals surface area contributed by atoms with Crippen LogP contribution in [0.5, 0.6) is 5.75 Å². The molecule has 0 saturated heterocycles. The molecule has 1 atom stereocenters. The van der Waals surface area contributed by atoms with E-state index in [4.69, 9.17) is 10.5 Å². The zero-order valence-corrected chi connectivity index (χ0v) is 21.8. The second kappa shape index (κ2) is 10.5. The molecule has 2 aromatic carbocycles. The Hall–Kier alpha value is -3.71. The van der Waals surface area contributed by atoms with Crippen molar-refractivity contribution in [2.45, 2.75) is 33.7 Å². The number of carboxylic acid groups (broad SMARTS) is 1. The van der Waals surface area contributed by atoms with Gasteiger partial charge >= 0.3 is 0 Å². The maximum Gasteiger partial charge on any atom is 0.137 e. The molecule has 4 rings (SSSR count). The minimum Gasteiger partial charge on any atom is -0.545 e. The SMILES string of the molecule is CCN(CC)c1ccc2c(c1)C(c1ccc(NC)c(N)c1C(=O)[O-])=C1C=CC([NH+](CC)CC)C=C1O2. The number of fused-ring (bicyclic) bond motifs is 2. The van der Waals surface area contributed by atoms with Crippen LogP contribution in [0.4, 0.5) is 17.1 Å². The number of aromatic carboxylic acids is 1. The molecule has 0 spiro atoms. The number of hydrogen-bond donors (Lipinski definition) is 3. The highest BCUT2D eigenvalue weighted by molar-refractivity contribution is 6.05. The van der Waals surface area contributed by atoms with Crippen LogP contribution in [0.1, 0.15) is 49.2 Å². The van der Waals surface area contributed by atoms with Gasteiger partial charge in [0.1, 0.15) is 17.6 Å².